The van der Waals surface area contributed by atoms with Crippen LogP contribution in [0.3, 0.4) is 0 Å². The summed E-state index contributed by atoms with van der Waals surface area (Å²) in [6.45, 7) is 8.76. The summed E-state index contributed by atoms with van der Waals surface area (Å²) >= 11 is 6.29. The molecule has 6 nitrogen and oxygen atoms in total. The highest BCUT2D eigenvalue weighted by molar-refractivity contribution is 14.0. The summed E-state index contributed by atoms with van der Waals surface area (Å²) in [6.07, 6.45) is 0.810. The van der Waals surface area contributed by atoms with E-state index in [4.69, 9.17) is 16.3 Å². The first kappa shape index (κ1) is 24.6. The molecule has 1 aromatic carbocycles. The number of methoxy groups -OCH3 is 1. The van der Waals surface area contributed by atoms with E-state index in [2.05, 4.69) is 45.3 Å². The maximum absolute atomic E-state index is 6.29. The molecule has 0 amide bonds. The lowest BCUT2D eigenvalue weighted by Crippen LogP contribution is -2.40. The molecule has 1 atom stereocenters. The minimum Gasteiger partial charge on any atom is -0.497 e. The van der Waals surface area contributed by atoms with Gasteiger partial charge in [0.05, 0.1) is 12.8 Å². The Bertz CT molecular complexity index is 778. The van der Waals surface area contributed by atoms with Crippen molar-refractivity contribution in [2.75, 3.05) is 27.2 Å². The topological polar surface area (TPSA) is 63.5 Å². The van der Waals surface area contributed by atoms with E-state index >= 15 is 0 Å². The van der Waals surface area contributed by atoms with Gasteiger partial charge in [0.2, 0.25) is 0 Å². The third-order valence-corrected chi connectivity index (χ3v) is 4.73. The maximum atomic E-state index is 6.29. The van der Waals surface area contributed by atoms with Crippen LogP contribution in [-0.4, -0.2) is 43.0 Å². The average molecular weight is 520 g/mol. The number of halogens is 2. The molecule has 0 saturated heterocycles. The van der Waals surface area contributed by atoms with Gasteiger partial charge >= 0.3 is 0 Å². The molecule has 0 radical (unpaired) electrons. The molecule has 1 unspecified atom stereocenters. The fourth-order valence-corrected chi connectivity index (χ4v) is 3.15. The van der Waals surface area contributed by atoms with Crippen molar-refractivity contribution in [3.05, 3.63) is 46.2 Å². The van der Waals surface area contributed by atoms with Crippen LogP contribution < -0.4 is 15.4 Å². The van der Waals surface area contributed by atoms with Gasteiger partial charge in [-0.15, -0.1) is 24.0 Å². The van der Waals surface area contributed by atoms with E-state index in [1.807, 2.05) is 25.1 Å². The Morgan fingerprint density at radius 2 is 2.04 bits per heavy atom. The molecule has 1 aromatic heterocycles. The average Bonchev–Trinajstić information content (AvgIpc) is 2.95. The number of nitrogens with zero attached hydrogens (tertiary/aromatic N) is 3. The van der Waals surface area contributed by atoms with E-state index in [-0.39, 0.29) is 24.0 Å². The molecule has 0 bridgehead atoms. The van der Waals surface area contributed by atoms with Crippen LogP contribution in [0.4, 0.5) is 0 Å². The summed E-state index contributed by atoms with van der Waals surface area (Å²) in [5.41, 5.74) is 3.33. The van der Waals surface area contributed by atoms with Crippen LogP contribution in [-0.2, 0) is 13.0 Å². The molecule has 2 rings (SSSR count). The minimum absolute atomic E-state index is 0. The molecular weight excluding hydrogens is 489 g/mol. The van der Waals surface area contributed by atoms with Crippen molar-refractivity contribution >= 4 is 41.5 Å². The molecule has 0 fully saturated rings. The molecule has 2 N–H and O–H groups in total. The number of benzene rings is 1. The monoisotopic (exact) mass is 519 g/mol. The second kappa shape index (κ2) is 12.2. The summed E-state index contributed by atoms with van der Waals surface area (Å²) < 4.78 is 7.24. The molecule has 0 saturated carbocycles. The largest absolute Gasteiger partial charge is 0.497 e. The van der Waals surface area contributed by atoms with Crippen LogP contribution in [0, 0.1) is 19.8 Å². The van der Waals surface area contributed by atoms with Crippen LogP contribution in [0.1, 0.15) is 23.9 Å². The Kier molecular flexibility index (Phi) is 10.7. The van der Waals surface area contributed by atoms with Crippen LogP contribution >= 0.6 is 35.6 Å². The molecular formula is C20H31ClIN5O. The van der Waals surface area contributed by atoms with Crippen molar-refractivity contribution in [3.63, 3.8) is 0 Å². The summed E-state index contributed by atoms with van der Waals surface area (Å²) in [4.78, 5) is 4.29. The molecule has 28 heavy (non-hydrogen) atoms. The molecule has 1 heterocycles. The van der Waals surface area contributed by atoms with Crippen LogP contribution in [0.5, 0.6) is 5.75 Å². The lowest BCUT2D eigenvalue weighted by molar-refractivity contribution is 0.414. The SMILES string of the molecule is CN=C(NCCc1ccc(OC)cc1Cl)NCC(C)Cn1nc(C)cc1C.I. The number of ether oxygens (including phenoxy) is 1. The quantitative estimate of drug-likeness (QED) is 0.316. The second-order valence-electron chi connectivity index (χ2n) is 6.80. The molecule has 8 heteroatoms. The molecule has 0 aliphatic carbocycles. The smallest absolute Gasteiger partial charge is 0.190 e. The lowest BCUT2D eigenvalue weighted by atomic mass is 10.1. The van der Waals surface area contributed by atoms with Gasteiger partial charge in [-0.05, 0) is 49.9 Å². The maximum Gasteiger partial charge on any atom is 0.190 e. The molecule has 0 aliphatic rings. The van der Waals surface area contributed by atoms with Gasteiger partial charge < -0.3 is 15.4 Å². The van der Waals surface area contributed by atoms with Crippen molar-refractivity contribution in [2.45, 2.75) is 33.7 Å². The Labute approximate surface area is 190 Å². The van der Waals surface area contributed by atoms with Crippen LogP contribution in [0.2, 0.25) is 5.02 Å². The Morgan fingerprint density at radius 3 is 2.61 bits per heavy atom. The second-order valence-corrected chi connectivity index (χ2v) is 7.21. The standard InChI is InChI=1S/C20H30ClN5O.HI/c1-14(13-26-16(3)10-15(2)25-26)12-24-20(22-4)23-9-8-17-6-7-18(27-5)11-19(17)21;/h6-7,10-11,14H,8-9,12-13H2,1-5H3,(H2,22,23,24);1H. The predicted molar refractivity (Wildman–Crippen MR) is 127 cm³/mol. The summed E-state index contributed by atoms with van der Waals surface area (Å²) in [5.74, 6) is 1.99. The number of aryl methyl sites for hydroxylation is 2. The highest BCUT2D eigenvalue weighted by Gasteiger charge is 2.08. The van der Waals surface area contributed by atoms with Crippen molar-refractivity contribution < 1.29 is 4.74 Å². The third-order valence-electron chi connectivity index (χ3n) is 4.38. The van der Waals surface area contributed by atoms with Gasteiger partial charge in [-0.3, -0.25) is 9.67 Å². The first-order valence-electron chi connectivity index (χ1n) is 9.21. The minimum atomic E-state index is 0. The zero-order valence-electron chi connectivity index (χ0n) is 17.3. The molecule has 0 aliphatic heterocycles. The van der Waals surface area contributed by atoms with Gasteiger partial charge in [-0.2, -0.15) is 5.10 Å². The molecule has 156 valence electrons. The van der Waals surface area contributed by atoms with Crippen LogP contribution in [0.15, 0.2) is 29.3 Å². The lowest BCUT2D eigenvalue weighted by Gasteiger charge is -2.17. The van der Waals surface area contributed by atoms with E-state index in [0.717, 1.165) is 54.0 Å². The van der Waals surface area contributed by atoms with E-state index in [1.54, 1.807) is 14.2 Å². The molecule has 2 aromatic rings. The van der Waals surface area contributed by atoms with E-state index in [1.165, 1.54) is 5.69 Å². The highest BCUT2D eigenvalue weighted by atomic mass is 127. The number of hydrogen-bond acceptors (Lipinski definition) is 3. The van der Waals surface area contributed by atoms with Crippen molar-refractivity contribution in [2.24, 2.45) is 10.9 Å². The fourth-order valence-electron chi connectivity index (χ4n) is 2.88. The van der Waals surface area contributed by atoms with Gasteiger partial charge in [0.25, 0.3) is 0 Å². The van der Waals surface area contributed by atoms with Gasteiger partial charge in [0, 0.05) is 37.4 Å². The zero-order chi connectivity index (χ0) is 19.8. The predicted octanol–water partition coefficient (Wildman–Crippen LogP) is 3.82. The normalized spacial score (nSPS) is 12.3. The van der Waals surface area contributed by atoms with Crippen LogP contribution in [0.25, 0.3) is 0 Å². The Hall–Kier alpha value is -1.48. The van der Waals surface area contributed by atoms with Crippen molar-refractivity contribution in [1.82, 2.24) is 20.4 Å². The number of guanidine groups is 1. The third kappa shape index (κ3) is 7.50. The number of nitrogens with one attached hydrogen (secondary N) is 2. The first-order valence-corrected chi connectivity index (χ1v) is 9.58. The van der Waals surface area contributed by atoms with Gasteiger partial charge in [0.1, 0.15) is 5.75 Å². The number of aromatic nitrogens is 2. The van der Waals surface area contributed by atoms with E-state index in [9.17, 15) is 0 Å². The van der Waals surface area contributed by atoms with Gasteiger partial charge in [-0.1, -0.05) is 24.6 Å². The number of rotatable bonds is 8. The first-order chi connectivity index (χ1) is 12.9. The van der Waals surface area contributed by atoms with Gasteiger partial charge in [0.15, 0.2) is 5.96 Å². The Morgan fingerprint density at radius 1 is 1.29 bits per heavy atom. The fraction of sp³-hybridized carbons (Fsp3) is 0.500. The van der Waals surface area contributed by atoms with Crippen molar-refractivity contribution in [1.29, 1.82) is 0 Å². The number of aliphatic imine (C=N–C) groups is 1. The zero-order valence-corrected chi connectivity index (χ0v) is 20.3. The van der Waals surface area contributed by atoms with Crippen molar-refractivity contribution in [3.8, 4) is 5.75 Å². The molecule has 0 spiro atoms. The van der Waals surface area contributed by atoms with E-state index in [0.29, 0.717) is 5.92 Å². The summed E-state index contributed by atoms with van der Waals surface area (Å²) in [6, 6.07) is 7.86. The summed E-state index contributed by atoms with van der Waals surface area (Å²) in [5, 5.41) is 12.0. The summed E-state index contributed by atoms with van der Waals surface area (Å²) in [7, 11) is 3.42. The Balaban J connectivity index is 0.00000392. The number of hydrogen-bond donors (Lipinski definition) is 2. The van der Waals surface area contributed by atoms with Gasteiger partial charge in [-0.25, -0.2) is 0 Å². The van der Waals surface area contributed by atoms with E-state index < -0.39 is 0 Å². The highest BCUT2D eigenvalue weighted by Crippen LogP contribution is 2.22.